The SMILES string of the molecule is CNCC1CCN(c2ccc3nnnn3n2)C1. The molecule has 1 unspecified atom stereocenters. The Morgan fingerprint density at radius 1 is 1.47 bits per heavy atom. The Morgan fingerprint density at radius 3 is 3.29 bits per heavy atom. The van der Waals surface area contributed by atoms with Crippen molar-refractivity contribution in [2.24, 2.45) is 5.92 Å². The molecule has 1 saturated heterocycles. The highest BCUT2D eigenvalue weighted by Crippen LogP contribution is 2.21. The van der Waals surface area contributed by atoms with Crippen LogP contribution < -0.4 is 10.2 Å². The van der Waals surface area contributed by atoms with Crippen molar-refractivity contribution in [2.45, 2.75) is 6.42 Å². The van der Waals surface area contributed by atoms with Gasteiger partial charge in [0.1, 0.15) is 0 Å². The average Bonchev–Trinajstić information content (AvgIpc) is 2.96. The van der Waals surface area contributed by atoms with Gasteiger partial charge in [0.05, 0.1) is 0 Å². The van der Waals surface area contributed by atoms with E-state index in [-0.39, 0.29) is 0 Å². The zero-order valence-corrected chi connectivity index (χ0v) is 9.74. The van der Waals surface area contributed by atoms with E-state index in [1.54, 1.807) is 0 Å². The molecule has 7 nitrogen and oxygen atoms in total. The van der Waals surface area contributed by atoms with Gasteiger partial charge in [0.2, 0.25) is 0 Å². The van der Waals surface area contributed by atoms with E-state index in [4.69, 9.17) is 0 Å². The summed E-state index contributed by atoms with van der Waals surface area (Å²) in [7, 11) is 1.99. The number of hydrogen-bond acceptors (Lipinski definition) is 6. The second kappa shape index (κ2) is 4.25. The molecule has 7 heteroatoms. The van der Waals surface area contributed by atoms with Crippen molar-refractivity contribution in [1.82, 2.24) is 30.6 Å². The molecule has 1 aliphatic heterocycles. The summed E-state index contributed by atoms with van der Waals surface area (Å²) in [5.41, 5.74) is 0.680. The second-order valence-corrected chi connectivity index (χ2v) is 4.38. The van der Waals surface area contributed by atoms with Crippen molar-refractivity contribution in [2.75, 3.05) is 31.6 Å². The first-order valence-corrected chi connectivity index (χ1v) is 5.82. The second-order valence-electron chi connectivity index (χ2n) is 4.38. The van der Waals surface area contributed by atoms with Gasteiger partial charge >= 0.3 is 0 Å². The van der Waals surface area contributed by atoms with Crippen molar-refractivity contribution in [3.63, 3.8) is 0 Å². The smallest absolute Gasteiger partial charge is 0.200 e. The van der Waals surface area contributed by atoms with Crippen LogP contribution in [0.4, 0.5) is 5.82 Å². The van der Waals surface area contributed by atoms with Crippen molar-refractivity contribution >= 4 is 11.5 Å². The number of aromatic nitrogens is 5. The minimum Gasteiger partial charge on any atom is -0.355 e. The zero-order chi connectivity index (χ0) is 11.7. The van der Waals surface area contributed by atoms with Crippen LogP contribution in [0.1, 0.15) is 6.42 Å². The number of rotatable bonds is 3. The molecule has 0 radical (unpaired) electrons. The van der Waals surface area contributed by atoms with E-state index in [0.717, 1.165) is 25.5 Å². The van der Waals surface area contributed by atoms with Crippen LogP contribution in [-0.4, -0.2) is 51.9 Å². The van der Waals surface area contributed by atoms with E-state index in [1.807, 2.05) is 19.2 Å². The average molecular weight is 233 g/mol. The molecule has 0 bridgehead atoms. The van der Waals surface area contributed by atoms with E-state index < -0.39 is 0 Å². The van der Waals surface area contributed by atoms with Gasteiger partial charge in [-0.15, -0.1) is 14.8 Å². The number of tetrazole rings is 1. The van der Waals surface area contributed by atoms with E-state index in [2.05, 4.69) is 30.8 Å². The summed E-state index contributed by atoms with van der Waals surface area (Å²) < 4.78 is 1.47. The molecule has 0 saturated carbocycles. The Bertz CT molecular complexity index is 508. The van der Waals surface area contributed by atoms with Gasteiger partial charge in [-0.25, -0.2) is 0 Å². The molecule has 0 spiro atoms. The number of fused-ring (bicyclic) bond motifs is 1. The fourth-order valence-electron chi connectivity index (χ4n) is 2.30. The maximum Gasteiger partial charge on any atom is 0.200 e. The third-order valence-corrected chi connectivity index (χ3v) is 3.16. The standard InChI is InChI=1S/C10H15N7/c1-11-6-8-4-5-16(7-8)10-3-2-9-12-14-15-17(9)13-10/h2-3,8,11H,4-7H2,1H3. The van der Waals surface area contributed by atoms with Crippen LogP contribution in [0.25, 0.3) is 5.65 Å². The number of anilines is 1. The van der Waals surface area contributed by atoms with E-state index in [0.29, 0.717) is 11.6 Å². The molecule has 17 heavy (non-hydrogen) atoms. The molecular formula is C10H15N7. The van der Waals surface area contributed by atoms with Crippen LogP contribution in [0.3, 0.4) is 0 Å². The number of nitrogens with one attached hydrogen (secondary N) is 1. The van der Waals surface area contributed by atoms with Gasteiger partial charge in [-0.2, -0.15) is 0 Å². The van der Waals surface area contributed by atoms with E-state index in [1.165, 1.54) is 11.1 Å². The molecule has 2 aromatic rings. The lowest BCUT2D eigenvalue weighted by atomic mass is 10.1. The van der Waals surface area contributed by atoms with Crippen molar-refractivity contribution in [1.29, 1.82) is 0 Å². The van der Waals surface area contributed by atoms with Gasteiger partial charge in [0, 0.05) is 13.1 Å². The van der Waals surface area contributed by atoms with Crippen LogP contribution >= 0.6 is 0 Å². The Labute approximate surface area is 98.8 Å². The van der Waals surface area contributed by atoms with Gasteiger partial charge in [-0.05, 0) is 48.5 Å². The van der Waals surface area contributed by atoms with Crippen LogP contribution in [0.5, 0.6) is 0 Å². The lowest BCUT2D eigenvalue weighted by molar-refractivity contribution is 0.548. The van der Waals surface area contributed by atoms with E-state index >= 15 is 0 Å². The summed E-state index contributed by atoms with van der Waals surface area (Å²) in [6.07, 6.45) is 1.20. The highest BCUT2D eigenvalue weighted by molar-refractivity contribution is 5.44. The normalized spacial score (nSPS) is 20.3. The molecule has 1 aliphatic rings. The fourth-order valence-corrected chi connectivity index (χ4v) is 2.30. The largest absolute Gasteiger partial charge is 0.355 e. The van der Waals surface area contributed by atoms with Crippen molar-refractivity contribution in [3.8, 4) is 0 Å². The third kappa shape index (κ3) is 1.93. The topological polar surface area (TPSA) is 71.2 Å². The fraction of sp³-hybridized carbons (Fsp3) is 0.600. The van der Waals surface area contributed by atoms with Gasteiger partial charge in [0.25, 0.3) is 0 Å². The molecular weight excluding hydrogens is 218 g/mol. The molecule has 1 fully saturated rings. The van der Waals surface area contributed by atoms with Gasteiger partial charge < -0.3 is 10.2 Å². The first-order valence-electron chi connectivity index (χ1n) is 5.82. The van der Waals surface area contributed by atoms with Crippen molar-refractivity contribution in [3.05, 3.63) is 12.1 Å². The highest BCUT2D eigenvalue weighted by Gasteiger charge is 2.23. The maximum absolute atomic E-state index is 4.40. The van der Waals surface area contributed by atoms with Gasteiger partial charge in [0.15, 0.2) is 11.5 Å². The van der Waals surface area contributed by atoms with Crippen LogP contribution in [0.2, 0.25) is 0 Å². The molecule has 1 N–H and O–H groups in total. The van der Waals surface area contributed by atoms with E-state index in [9.17, 15) is 0 Å². The Hall–Kier alpha value is -1.76. The predicted molar refractivity (Wildman–Crippen MR) is 62.8 cm³/mol. The summed E-state index contributed by atoms with van der Waals surface area (Å²) >= 11 is 0. The number of hydrogen-bond donors (Lipinski definition) is 1. The molecule has 2 aromatic heterocycles. The summed E-state index contributed by atoms with van der Waals surface area (Å²) in [6.45, 7) is 3.15. The Kier molecular flexibility index (Phi) is 2.60. The molecule has 90 valence electrons. The van der Waals surface area contributed by atoms with Crippen molar-refractivity contribution < 1.29 is 0 Å². The summed E-state index contributed by atoms with van der Waals surface area (Å²) in [5, 5.41) is 18.9. The summed E-state index contributed by atoms with van der Waals surface area (Å²) in [6, 6.07) is 3.88. The lowest BCUT2D eigenvalue weighted by Crippen LogP contribution is -2.25. The van der Waals surface area contributed by atoms with Crippen LogP contribution in [0.15, 0.2) is 12.1 Å². The Morgan fingerprint density at radius 2 is 2.41 bits per heavy atom. The quantitative estimate of drug-likeness (QED) is 0.775. The monoisotopic (exact) mass is 233 g/mol. The molecule has 0 aliphatic carbocycles. The molecule has 3 rings (SSSR count). The summed E-state index contributed by atoms with van der Waals surface area (Å²) in [5.74, 6) is 1.65. The van der Waals surface area contributed by atoms with Crippen LogP contribution in [0, 0.1) is 5.92 Å². The molecule has 1 atom stereocenters. The Balaban J connectivity index is 1.80. The minimum atomic E-state index is 0.680. The highest BCUT2D eigenvalue weighted by atomic mass is 15.6. The lowest BCUT2D eigenvalue weighted by Gasteiger charge is -2.16. The van der Waals surface area contributed by atoms with Gasteiger partial charge in [-0.1, -0.05) is 0 Å². The first-order chi connectivity index (χ1) is 8.36. The van der Waals surface area contributed by atoms with Gasteiger partial charge in [-0.3, -0.25) is 0 Å². The van der Waals surface area contributed by atoms with Crippen LogP contribution in [-0.2, 0) is 0 Å². The zero-order valence-electron chi connectivity index (χ0n) is 9.74. The maximum atomic E-state index is 4.40. The summed E-state index contributed by atoms with van der Waals surface area (Å²) in [4.78, 5) is 2.28. The molecule has 0 amide bonds. The minimum absolute atomic E-state index is 0.680. The first kappa shape index (κ1) is 10.4. The third-order valence-electron chi connectivity index (χ3n) is 3.16. The molecule has 3 heterocycles. The molecule has 0 aromatic carbocycles. The number of nitrogens with zero attached hydrogens (tertiary/aromatic N) is 6. The predicted octanol–water partition coefficient (Wildman–Crippen LogP) is -0.435.